The number of imidazole rings is 1. The third-order valence-electron chi connectivity index (χ3n) is 3.72. The molecule has 0 unspecified atom stereocenters. The number of halogens is 1. The van der Waals surface area contributed by atoms with Crippen LogP contribution in [0.3, 0.4) is 0 Å². The van der Waals surface area contributed by atoms with Crippen molar-refractivity contribution in [1.29, 1.82) is 0 Å². The van der Waals surface area contributed by atoms with Gasteiger partial charge in [0, 0.05) is 6.07 Å². The van der Waals surface area contributed by atoms with Crippen LogP contribution in [0.25, 0.3) is 5.65 Å². The summed E-state index contributed by atoms with van der Waals surface area (Å²) in [5.41, 5.74) is 10.3. The van der Waals surface area contributed by atoms with E-state index in [0.717, 1.165) is 0 Å². The van der Waals surface area contributed by atoms with Crippen LogP contribution in [-0.2, 0) is 4.74 Å². The highest BCUT2D eigenvalue weighted by molar-refractivity contribution is 5.67. The summed E-state index contributed by atoms with van der Waals surface area (Å²) in [6.07, 6.45) is 1.77. The Hall–Kier alpha value is -2.41. The van der Waals surface area contributed by atoms with Gasteiger partial charge in [0.15, 0.2) is 17.4 Å². The number of rotatable bonds is 2. The molecule has 0 bridgehead atoms. The first-order valence-corrected chi connectivity index (χ1v) is 6.41. The summed E-state index contributed by atoms with van der Waals surface area (Å²) in [5, 5.41) is 23.3. The van der Waals surface area contributed by atoms with E-state index in [9.17, 15) is 14.6 Å². The van der Waals surface area contributed by atoms with Crippen molar-refractivity contribution >= 4 is 17.2 Å². The van der Waals surface area contributed by atoms with Gasteiger partial charge < -0.3 is 26.4 Å². The van der Waals surface area contributed by atoms with E-state index in [0.29, 0.717) is 0 Å². The number of hydrogen-bond acceptors (Lipinski definition) is 7. The molecule has 0 aliphatic carbocycles. The van der Waals surface area contributed by atoms with Gasteiger partial charge in [0.2, 0.25) is 0 Å². The zero-order valence-corrected chi connectivity index (χ0v) is 11.3. The molecular formula is C13H14FN5O3. The van der Waals surface area contributed by atoms with Crippen molar-refractivity contribution in [2.45, 2.75) is 24.0 Å². The molecule has 0 aromatic carbocycles. The predicted octanol–water partition coefficient (Wildman–Crippen LogP) is -0.972. The number of alkyl halides is 1. The third-order valence-corrected chi connectivity index (χ3v) is 3.72. The topological polar surface area (TPSA) is 132 Å². The second-order valence-electron chi connectivity index (χ2n) is 5.06. The highest BCUT2D eigenvalue weighted by Gasteiger charge is 2.55. The average Bonchev–Trinajstić information content (AvgIpc) is 3.01. The minimum atomic E-state index is -1.87. The molecule has 1 aliphatic heterocycles. The van der Waals surface area contributed by atoms with E-state index < -0.39 is 30.6 Å². The molecule has 2 aromatic rings. The molecule has 4 atom stereocenters. The summed E-state index contributed by atoms with van der Waals surface area (Å²) in [7, 11) is 0. The number of anilines is 2. The monoisotopic (exact) mass is 307 g/mol. The van der Waals surface area contributed by atoms with Crippen molar-refractivity contribution in [3.8, 4) is 12.3 Å². The molecule has 2 aromatic heterocycles. The lowest BCUT2D eigenvalue weighted by Gasteiger charge is -2.23. The number of hydrogen-bond donors (Lipinski definition) is 4. The van der Waals surface area contributed by atoms with Crippen LogP contribution in [0.2, 0.25) is 0 Å². The van der Waals surface area contributed by atoms with Crippen LogP contribution in [0.5, 0.6) is 0 Å². The third kappa shape index (κ3) is 1.82. The van der Waals surface area contributed by atoms with E-state index in [-0.39, 0.29) is 22.8 Å². The van der Waals surface area contributed by atoms with Gasteiger partial charge in [-0.05, 0) is 0 Å². The van der Waals surface area contributed by atoms with Crippen LogP contribution < -0.4 is 11.5 Å². The largest absolute Gasteiger partial charge is 0.396 e. The number of aromatic nitrogens is 3. The first-order chi connectivity index (χ1) is 10.4. The van der Waals surface area contributed by atoms with Crippen LogP contribution in [0.4, 0.5) is 15.9 Å². The Kier molecular flexibility index (Phi) is 3.17. The molecule has 1 aliphatic rings. The van der Waals surface area contributed by atoms with E-state index in [1.165, 1.54) is 16.8 Å². The number of aliphatic hydroxyl groups is 2. The van der Waals surface area contributed by atoms with Crippen LogP contribution in [-0.4, -0.2) is 49.3 Å². The van der Waals surface area contributed by atoms with Crippen LogP contribution >= 0.6 is 0 Å². The first-order valence-electron chi connectivity index (χ1n) is 6.41. The zero-order valence-electron chi connectivity index (χ0n) is 11.3. The lowest BCUT2D eigenvalue weighted by molar-refractivity contribution is -0.0732. The van der Waals surface area contributed by atoms with Gasteiger partial charge in [-0.1, -0.05) is 5.92 Å². The summed E-state index contributed by atoms with van der Waals surface area (Å²) >= 11 is 0. The Morgan fingerprint density at radius 3 is 2.86 bits per heavy atom. The Bertz CT molecular complexity index is 773. The summed E-state index contributed by atoms with van der Waals surface area (Å²) in [4.78, 5) is 4.04. The van der Waals surface area contributed by atoms with Gasteiger partial charge in [0.05, 0.1) is 24.2 Å². The maximum atomic E-state index is 14.4. The van der Waals surface area contributed by atoms with Crippen LogP contribution in [0.1, 0.15) is 11.8 Å². The molecular weight excluding hydrogens is 293 g/mol. The van der Waals surface area contributed by atoms with Crippen molar-refractivity contribution < 1.29 is 19.3 Å². The zero-order chi connectivity index (χ0) is 16.1. The smallest absolute Gasteiger partial charge is 0.180 e. The lowest BCUT2D eigenvalue weighted by atomic mass is 9.96. The molecule has 0 amide bonds. The predicted molar refractivity (Wildman–Crippen MR) is 75.2 cm³/mol. The Morgan fingerprint density at radius 2 is 2.27 bits per heavy atom. The average molecular weight is 307 g/mol. The highest BCUT2D eigenvalue weighted by atomic mass is 19.1. The van der Waals surface area contributed by atoms with Crippen LogP contribution in [0, 0.1) is 12.3 Å². The summed E-state index contributed by atoms with van der Waals surface area (Å²) < 4.78 is 21.1. The molecule has 0 spiro atoms. The Labute approximate surface area is 124 Å². The number of nitrogen functional groups attached to an aromatic ring is 2. The van der Waals surface area contributed by atoms with Gasteiger partial charge in [0.1, 0.15) is 18.0 Å². The second-order valence-corrected chi connectivity index (χ2v) is 5.06. The molecule has 3 heterocycles. The molecule has 0 saturated carbocycles. The van der Waals surface area contributed by atoms with Gasteiger partial charge in [-0.15, -0.1) is 11.5 Å². The van der Waals surface area contributed by atoms with E-state index >= 15 is 0 Å². The van der Waals surface area contributed by atoms with Crippen molar-refractivity contribution in [1.82, 2.24) is 14.6 Å². The standard InChI is InChI=1S/C13H14FN5O3/c1-2-13(5-20)11(21)9(14)10(22-13)7-4-17-12-6(15)3-8(16)18-19(7)12/h1,3-4,9-11,20-21H,5,15H2,(H2,16,18)/t9-,10-,11-,13+/m0/s1. The minimum Gasteiger partial charge on any atom is -0.396 e. The van der Waals surface area contributed by atoms with Crippen molar-refractivity contribution in [3.63, 3.8) is 0 Å². The SMILES string of the molecule is C#C[C@]1(CO)O[C@@H](c2cnc3c(N)cc(N)nn23)[C@H](F)[C@@H]1O. The highest BCUT2D eigenvalue weighted by Crippen LogP contribution is 2.41. The fourth-order valence-electron chi connectivity index (χ4n) is 2.53. The van der Waals surface area contributed by atoms with E-state index in [2.05, 4.69) is 16.0 Å². The summed E-state index contributed by atoms with van der Waals surface area (Å²) in [6.45, 7) is -0.726. The normalized spacial score (nSPS) is 31.5. The van der Waals surface area contributed by atoms with Crippen LogP contribution in [0.15, 0.2) is 12.3 Å². The number of terminal acetylenes is 1. The van der Waals surface area contributed by atoms with Crippen molar-refractivity contribution in [2.24, 2.45) is 0 Å². The summed E-state index contributed by atoms with van der Waals surface area (Å²) in [5.74, 6) is 2.22. The molecule has 1 fully saturated rings. The van der Waals surface area contributed by atoms with Gasteiger partial charge >= 0.3 is 0 Å². The number of nitrogens with zero attached hydrogens (tertiary/aromatic N) is 3. The number of aliphatic hydroxyl groups excluding tert-OH is 2. The lowest BCUT2D eigenvalue weighted by Crippen LogP contribution is -2.44. The molecule has 0 radical (unpaired) electrons. The maximum absolute atomic E-state index is 14.4. The quantitative estimate of drug-likeness (QED) is 0.525. The van der Waals surface area contributed by atoms with E-state index in [1.54, 1.807) is 0 Å². The number of fused-ring (bicyclic) bond motifs is 1. The number of nitrogens with two attached hydrogens (primary N) is 2. The number of ether oxygens (including phenoxy) is 1. The van der Waals surface area contributed by atoms with Crippen molar-refractivity contribution in [2.75, 3.05) is 18.1 Å². The molecule has 116 valence electrons. The van der Waals surface area contributed by atoms with Gasteiger partial charge in [0.25, 0.3) is 0 Å². The minimum absolute atomic E-state index is 0.114. The molecule has 3 rings (SSSR count). The van der Waals surface area contributed by atoms with E-state index in [4.69, 9.17) is 22.6 Å². The Balaban J connectivity index is 2.11. The first kappa shape index (κ1) is 14.5. The van der Waals surface area contributed by atoms with E-state index in [1.807, 2.05) is 0 Å². The molecule has 1 saturated heterocycles. The van der Waals surface area contributed by atoms with Gasteiger partial charge in [-0.2, -0.15) is 0 Å². The molecule has 9 heteroatoms. The molecule has 22 heavy (non-hydrogen) atoms. The molecule has 8 nitrogen and oxygen atoms in total. The van der Waals surface area contributed by atoms with Gasteiger partial charge in [-0.3, -0.25) is 0 Å². The summed E-state index contributed by atoms with van der Waals surface area (Å²) in [6, 6.07) is 1.42. The molecule has 6 N–H and O–H groups in total. The Morgan fingerprint density at radius 1 is 1.55 bits per heavy atom. The second kappa shape index (κ2) is 4.81. The van der Waals surface area contributed by atoms with Gasteiger partial charge in [-0.25, -0.2) is 13.9 Å². The maximum Gasteiger partial charge on any atom is 0.180 e. The fourth-order valence-corrected chi connectivity index (χ4v) is 2.53. The van der Waals surface area contributed by atoms with Crippen molar-refractivity contribution in [3.05, 3.63) is 18.0 Å². The fraction of sp³-hybridized carbons (Fsp3) is 0.385.